The maximum absolute atomic E-state index is 12.3. The molecule has 0 saturated carbocycles. The van der Waals surface area contributed by atoms with Crippen molar-refractivity contribution >= 4 is 84.4 Å². The maximum Gasteiger partial charge on any atom is 2.00 e. The number of amides is 1. The Balaban J connectivity index is 0.000000977. The predicted molar refractivity (Wildman–Crippen MR) is 132 cm³/mol. The van der Waals surface area contributed by atoms with Crippen LogP contribution in [0.25, 0.3) is 11.2 Å². The third-order valence-corrected chi connectivity index (χ3v) is 4.69. The molecule has 1 unspecified atom stereocenters. The number of carboxylic acid groups (broad SMARTS) is 3. The number of nitrogen functional groups attached to an aromatic ring is 1. The smallest absolute Gasteiger partial charge is 0.550 e. The van der Waals surface area contributed by atoms with E-state index in [0.29, 0.717) is 11.4 Å². The van der Waals surface area contributed by atoms with Crippen molar-refractivity contribution < 1.29 is 39.6 Å². The molecule has 2 heterocycles. The molecule has 0 saturated heterocycles. The molecule has 7 N–H and O–H groups in total. The topological polar surface area (TPSA) is 276 Å². The minimum absolute atomic E-state index is 0. The summed E-state index contributed by atoms with van der Waals surface area (Å²) in [4.78, 5) is 69.7. The molecular formula is C22H23CaN7O9. The Bertz CT molecular complexity index is 1380. The predicted octanol–water partition coefficient (Wildman–Crippen LogP) is -3.64. The maximum atomic E-state index is 12.3. The quantitative estimate of drug-likeness (QED) is 0.128. The first-order chi connectivity index (χ1) is 17.9. The number of nitrogens with two attached hydrogens (primary N) is 1. The Morgan fingerprint density at radius 1 is 1.13 bits per heavy atom. The van der Waals surface area contributed by atoms with Crippen LogP contribution in [0.15, 0.2) is 35.3 Å². The van der Waals surface area contributed by atoms with Crippen LogP contribution in [-0.2, 0) is 20.9 Å². The summed E-state index contributed by atoms with van der Waals surface area (Å²) in [6.45, 7) is 1.36. The number of nitrogens with zero attached hydrogens (tertiary/aromatic N) is 3. The molecule has 3 aromatic rings. The third kappa shape index (κ3) is 10.8. The van der Waals surface area contributed by atoms with E-state index >= 15 is 0 Å². The number of carbonyl (C=O) groups is 4. The molecular weight excluding hydrogens is 546 g/mol. The first kappa shape index (κ1) is 33.2. The molecule has 0 radical (unpaired) electrons. The van der Waals surface area contributed by atoms with E-state index in [0.717, 1.165) is 6.92 Å². The van der Waals surface area contributed by atoms with Gasteiger partial charge in [-0.3, -0.25) is 14.6 Å². The molecule has 3 rings (SSSR count). The summed E-state index contributed by atoms with van der Waals surface area (Å²) in [5.74, 6) is -4.89. The van der Waals surface area contributed by atoms with Crippen molar-refractivity contribution in [1.82, 2.24) is 25.3 Å². The summed E-state index contributed by atoms with van der Waals surface area (Å²) in [7, 11) is 0. The van der Waals surface area contributed by atoms with Gasteiger partial charge in [-0.15, -0.1) is 0 Å². The standard InChI is InChI=1S/C19H19N7O6.C3H6O3.Ca/c20-19-25-15-14(17(30)26-19)23-11(8-22-15)7-21-10-3-1-9(2-4-10)16(29)24-12(18(31)32)5-6-13(27)28;1-2(4)3(5)6;/h1-4,8,12,21H,5-7H2,(H,24,29)(H,27,28)(H,31,32)(H3,20,22,25,26,30);2,4H,1H3,(H,5,6);/q;;+2/p-2/t12-;;/m0../s1. The molecule has 1 aromatic carbocycles. The number of hydrogen-bond acceptors (Lipinski definition) is 13. The largest absolute Gasteiger partial charge is 2.00 e. The van der Waals surface area contributed by atoms with Gasteiger partial charge in [0.25, 0.3) is 11.5 Å². The molecule has 1 amide bonds. The van der Waals surface area contributed by atoms with E-state index < -0.39 is 47.9 Å². The van der Waals surface area contributed by atoms with Crippen LogP contribution in [-0.4, -0.2) is 104 Å². The molecule has 39 heavy (non-hydrogen) atoms. The van der Waals surface area contributed by atoms with Gasteiger partial charge in [0, 0.05) is 17.2 Å². The van der Waals surface area contributed by atoms with Gasteiger partial charge in [0.05, 0.1) is 30.5 Å². The van der Waals surface area contributed by atoms with Crippen LogP contribution in [0.5, 0.6) is 0 Å². The summed E-state index contributed by atoms with van der Waals surface area (Å²) >= 11 is 0. The van der Waals surface area contributed by atoms with Crippen molar-refractivity contribution in [3.8, 4) is 0 Å². The molecule has 0 fully saturated rings. The number of H-pyrrole nitrogens is 1. The van der Waals surface area contributed by atoms with Gasteiger partial charge in [0.1, 0.15) is 6.04 Å². The van der Waals surface area contributed by atoms with Crippen LogP contribution in [0.1, 0.15) is 35.8 Å². The van der Waals surface area contributed by atoms with Gasteiger partial charge >= 0.3 is 43.7 Å². The second-order valence-corrected chi connectivity index (χ2v) is 7.69. The Hall–Kier alpha value is -3.86. The van der Waals surface area contributed by atoms with Crippen LogP contribution >= 0.6 is 0 Å². The van der Waals surface area contributed by atoms with Gasteiger partial charge in [0.2, 0.25) is 5.95 Å². The number of aromatic nitrogens is 4. The van der Waals surface area contributed by atoms with E-state index in [4.69, 9.17) is 15.9 Å². The van der Waals surface area contributed by atoms with Gasteiger partial charge in [-0.1, -0.05) is 0 Å². The number of hydrogen-bond donors (Lipinski definition) is 6. The van der Waals surface area contributed by atoms with Crippen LogP contribution in [0, 0.1) is 0 Å². The van der Waals surface area contributed by atoms with Gasteiger partial charge in [-0.05, 0) is 44.0 Å². The molecule has 0 spiro atoms. The molecule has 16 nitrogen and oxygen atoms in total. The summed E-state index contributed by atoms with van der Waals surface area (Å²) in [6, 6.07) is 4.78. The number of carboxylic acids is 3. The van der Waals surface area contributed by atoms with Gasteiger partial charge in [-0.25, -0.2) is 14.8 Å². The van der Waals surface area contributed by atoms with Crippen molar-refractivity contribution in [2.75, 3.05) is 11.1 Å². The number of carbonyl (C=O) groups excluding carboxylic acids is 3. The Morgan fingerprint density at radius 3 is 2.28 bits per heavy atom. The number of aromatic amines is 1. The summed E-state index contributed by atoms with van der Waals surface area (Å²) in [6.07, 6.45) is -0.680. The normalized spacial score (nSPS) is 11.6. The average molecular weight is 570 g/mol. The van der Waals surface area contributed by atoms with Gasteiger partial charge in [0.15, 0.2) is 11.2 Å². The molecule has 0 aliphatic carbocycles. The zero-order valence-corrected chi connectivity index (χ0v) is 22.7. The van der Waals surface area contributed by atoms with E-state index in [1.165, 1.54) is 18.3 Å². The van der Waals surface area contributed by atoms with E-state index in [1.54, 1.807) is 12.1 Å². The summed E-state index contributed by atoms with van der Waals surface area (Å²) in [5, 5.41) is 42.3. The Kier molecular flexibility index (Phi) is 13.2. The Labute approximate surface area is 249 Å². The van der Waals surface area contributed by atoms with Crippen molar-refractivity contribution in [2.45, 2.75) is 38.5 Å². The third-order valence-electron chi connectivity index (χ3n) is 4.69. The number of rotatable bonds is 10. The minimum Gasteiger partial charge on any atom is -0.550 e. The molecule has 0 bridgehead atoms. The second kappa shape index (κ2) is 15.5. The number of nitrogens with one attached hydrogen (secondary N) is 3. The first-order valence-corrected chi connectivity index (χ1v) is 10.8. The average Bonchev–Trinajstić information content (AvgIpc) is 2.85. The SMILES string of the molecule is CC(O)C(=O)[O-].Nc1nc2ncc(CNc3ccc(C(=O)N[C@@H](CCC(=O)[O-])C(=O)O)cc3)nc2c(=O)[nH]1.[Ca+2]. The fourth-order valence-corrected chi connectivity index (χ4v) is 2.75. The van der Waals surface area contributed by atoms with E-state index in [2.05, 4.69) is 30.6 Å². The van der Waals surface area contributed by atoms with Crippen LogP contribution < -0.4 is 32.1 Å². The number of aliphatic hydroxyl groups is 1. The van der Waals surface area contributed by atoms with Crippen LogP contribution in [0.4, 0.5) is 11.6 Å². The fourth-order valence-electron chi connectivity index (χ4n) is 2.75. The fraction of sp³-hybridized carbons (Fsp3) is 0.273. The number of anilines is 2. The summed E-state index contributed by atoms with van der Waals surface area (Å²) in [5.41, 5.74) is 6.43. The Morgan fingerprint density at radius 2 is 1.74 bits per heavy atom. The first-order valence-electron chi connectivity index (χ1n) is 10.8. The van der Waals surface area contributed by atoms with Gasteiger partial charge < -0.3 is 46.4 Å². The van der Waals surface area contributed by atoms with Gasteiger partial charge in [-0.2, -0.15) is 4.98 Å². The zero-order valence-electron chi connectivity index (χ0n) is 20.5. The molecule has 0 aliphatic heterocycles. The number of aliphatic carboxylic acids is 3. The van der Waals surface area contributed by atoms with Crippen molar-refractivity contribution in [3.05, 3.63) is 52.1 Å². The second-order valence-electron chi connectivity index (χ2n) is 7.69. The number of aliphatic hydroxyl groups excluding tert-OH is 1. The molecule has 2 aromatic heterocycles. The zero-order chi connectivity index (χ0) is 28.4. The molecule has 202 valence electrons. The minimum atomic E-state index is -1.44. The summed E-state index contributed by atoms with van der Waals surface area (Å²) < 4.78 is 0. The van der Waals surface area contributed by atoms with E-state index in [1.807, 2.05) is 0 Å². The molecule has 17 heteroatoms. The van der Waals surface area contributed by atoms with Crippen LogP contribution in [0.3, 0.4) is 0 Å². The van der Waals surface area contributed by atoms with Crippen molar-refractivity contribution in [1.29, 1.82) is 0 Å². The van der Waals surface area contributed by atoms with E-state index in [9.17, 15) is 34.2 Å². The monoisotopic (exact) mass is 569 g/mol. The van der Waals surface area contributed by atoms with Crippen molar-refractivity contribution in [2.24, 2.45) is 0 Å². The number of fused-ring (bicyclic) bond motifs is 1. The molecule has 2 atom stereocenters. The number of benzene rings is 1. The van der Waals surface area contributed by atoms with E-state index in [-0.39, 0.29) is 73.4 Å². The molecule has 0 aliphatic rings. The van der Waals surface area contributed by atoms with Crippen molar-refractivity contribution in [3.63, 3.8) is 0 Å². The van der Waals surface area contributed by atoms with Crippen LogP contribution in [0.2, 0.25) is 0 Å².